The molecule has 0 aliphatic heterocycles. The summed E-state index contributed by atoms with van der Waals surface area (Å²) in [6.07, 6.45) is 15.5. The number of aryl methyl sites for hydroxylation is 1. The summed E-state index contributed by atoms with van der Waals surface area (Å²) < 4.78 is 38.5. The first-order valence-electron chi connectivity index (χ1n) is 12.0. The summed E-state index contributed by atoms with van der Waals surface area (Å²) in [4.78, 5) is -0.625. The minimum Gasteiger partial charge on any atom is -0.869 e. The maximum absolute atomic E-state index is 12.5. The number of para-hydroxylation sites is 1. The first-order valence-corrected chi connectivity index (χ1v) is 13.4. The van der Waals surface area contributed by atoms with Crippen molar-refractivity contribution in [1.82, 2.24) is 0 Å². The van der Waals surface area contributed by atoms with Crippen LogP contribution in [-0.4, -0.2) is 13.0 Å². The van der Waals surface area contributed by atoms with Crippen molar-refractivity contribution in [2.24, 2.45) is 0 Å². The third kappa shape index (κ3) is 12.2. The van der Waals surface area contributed by atoms with Gasteiger partial charge in [-0.2, -0.15) is 8.42 Å². The second kappa shape index (κ2) is 17.1. The Balaban J connectivity index is 0.00000544. The van der Waals surface area contributed by atoms with E-state index in [2.05, 4.69) is 6.92 Å². The van der Waals surface area contributed by atoms with Crippen LogP contribution in [0.25, 0.3) is 0 Å². The average Bonchev–Trinajstić information content (AvgIpc) is 2.76. The molecular formula is C26H37KO5S. The fourth-order valence-electron chi connectivity index (χ4n) is 3.83. The summed E-state index contributed by atoms with van der Waals surface area (Å²) in [6.45, 7) is 2.24. The van der Waals surface area contributed by atoms with Crippen LogP contribution in [0, 0.1) is 0 Å². The van der Waals surface area contributed by atoms with E-state index in [9.17, 15) is 18.1 Å². The van der Waals surface area contributed by atoms with E-state index in [4.69, 9.17) is 4.74 Å². The minimum atomic E-state index is -4.62. The van der Waals surface area contributed by atoms with Crippen LogP contribution in [0.15, 0.2) is 47.4 Å². The van der Waals surface area contributed by atoms with Crippen molar-refractivity contribution in [2.45, 2.75) is 95.3 Å². The van der Waals surface area contributed by atoms with E-state index in [0.29, 0.717) is 17.7 Å². The molecule has 178 valence electrons. The van der Waals surface area contributed by atoms with Crippen molar-refractivity contribution < 1.29 is 74.2 Å². The molecular weight excluding hydrogens is 463 g/mol. The van der Waals surface area contributed by atoms with Crippen LogP contribution in [0.3, 0.4) is 0 Å². The molecule has 0 aliphatic carbocycles. The first kappa shape index (κ1) is 30.6. The SMILES string of the molecule is CCCCCCCCCCCCCCc1cc(Oc2ccccc2)c([O-])c(S(=O)(=O)O)c1.[K+]. The van der Waals surface area contributed by atoms with Crippen molar-refractivity contribution in [3.63, 3.8) is 0 Å². The molecule has 0 saturated carbocycles. The molecule has 33 heavy (non-hydrogen) atoms. The number of hydrogen-bond acceptors (Lipinski definition) is 4. The standard InChI is InChI=1S/C26H38O5S.K/c1-2-3-4-5-6-7-8-9-10-11-12-14-17-22-20-24(31-23-18-15-13-16-19-23)26(27)25(21-22)32(28,29)30;/h13,15-16,18-21,27H,2-12,14,17H2,1H3,(H,28,29,30);/q;+1/p-1. The summed E-state index contributed by atoms with van der Waals surface area (Å²) in [7, 11) is -4.62. The third-order valence-electron chi connectivity index (χ3n) is 5.65. The normalized spacial score (nSPS) is 11.2. The fourth-order valence-corrected chi connectivity index (χ4v) is 4.46. The Hall–Kier alpha value is -0.414. The van der Waals surface area contributed by atoms with Gasteiger partial charge in [0.15, 0.2) is 0 Å². The van der Waals surface area contributed by atoms with Crippen LogP contribution in [0.1, 0.15) is 89.5 Å². The van der Waals surface area contributed by atoms with Gasteiger partial charge in [-0.05, 0) is 48.4 Å². The molecule has 2 aromatic carbocycles. The number of rotatable bonds is 16. The van der Waals surface area contributed by atoms with E-state index in [1.165, 1.54) is 63.9 Å². The van der Waals surface area contributed by atoms with Crippen LogP contribution in [0.2, 0.25) is 0 Å². The van der Waals surface area contributed by atoms with Gasteiger partial charge in [-0.25, -0.2) is 0 Å². The zero-order valence-corrected chi connectivity index (χ0v) is 24.2. The first-order chi connectivity index (χ1) is 15.4. The Kier molecular flexibility index (Phi) is 15.9. The van der Waals surface area contributed by atoms with Gasteiger partial charge in [0.1, 0.15) is 11.5 Å². The maximum Gasteiger partial charge on any atom is 1.00 e. The monoisotopic (exact) mass is 500 g/mol. The number of hydrogen-bond donors (Lipinski definition) is 1. The predicted octanol–water partition coefficient (Wildman–Crippen LogP) is 4.05. The molecule has 0 radical (unpaired) electrons. The van der Waals surface area contributed by atoms with Gasteiger partial charge >= 0.3 is 51.4 Å². The molecule has 5 nitrogen and oxygen atoms in total. The van der Waals surface area contributed by atoms with Crippen molar-refractivity contribution >= 4 is 10.1 Å². The molecule has 0 fully saturated rings. The van der Waals surface area contributed by atoms with Gasteiger partial charge in [0, 0.05) is 0 Å². The molecule has 0 spiro atoms. The smallest absolute Gasteiger partial charge is 0.869 e. The Morgan fingerprint density at radius 2 is 1.33 bits per heavy atom. The van der Waals surface area contributed by atoms with E-state index in [0.717, 1.165) is 19.3 Å². The second-order valence-corrected chi connectivity index (χ2v) is 9.84. The van der Waals surface area contributed by atoms with Crippen molar-refractivity contribution in [3.8, 4) is 17.2 Å². The Morgan fingerprint density at radius 3 is 1.85 bits per heavy atom. The summed E-state index contributed by atoms with van der Waals surface area (Å²) in [6, 6.07) is 11.6. The van der Waals surface area contributed by atoms with Gasteiger partial charge in [-0.1, -0.05) is 95.8 Å². The molecule has 7 heteroatoms. The fraction of sp³-hybridized carbons (Fsp3) is 0.538. The zero-order chi connectivity index (χ0) is 23.2. The molecule has 0 bridgehead atoms. The van der Waals surface area contributed by atoms with Gasteiger partial charge in [-0.3, -0.25) is 4.55 Å². The van der Waals surface area contributed by atoms with E-state index in [1.54, 1.807) is 30.3 Å². The van der Waals surface area contributed by atoms with Crippen LogP contribution < -0.4 is 61.2 Å². The molecule has 1 N–H and O–H groups in total. The summed E-state index contributed by atoms with van der Waals surface area (Å²) in [5, 5.41) is 12.5. The topological polar surface area (TPSA) is 86.7 Å². The Bertz CT molecular complexity index is 900. The Labute approximate surface area is 242 Å². The molecule has 0 heterocycles. The minimum absolute atomic E-state index is 0. The summed E-state index contributed by atoms with van der Waals surface area (Å²) >= 11 is 0. The molecule has 2 rings (SSSR count). The number of ether oxygens (including phenoxy) is 1. The quantitative estimate of drug-likeness (QED) is 0.213. The number of unbranched alkanes of at least 4 members (excludes halogenated alkanes) is 11. The van der Waals surface area contributed by atoms with Crippen LogP contribution in [-0.2, 0) is 16.5 Å². The molecule has 0 unspecified atom stereocenters. The maximum atomic E-state index is 12.5. The Morgan fingerprint density at radius 1 is 0.818 bits per heavy atom. The van der Waals surface area contributed by atoms with Crippen LogP contribution in [0.5, 0.6) is 17.2 Å². The number of benzene rings is 2. The summed E-state index contributed by atoms with van der Waals surface area (Å²) in [5.74, 6) is -0.469. The van der Waals surface area contributed by atoms with E-state index in [1.807, 2.05) is 6.07 Å². The van der Waals surface area contributed by atoms with Gasteiger partial charge in [0.05, 0.1) is 4.90 Å². The molecule has 0 aliphatic rings. The average molecular weight is 501 g/mol. The third-order valence-corrected chi connectivity index (χ3v) is 6.51. The summed E-state index contributed by atoms with van der Waals surface area (Å²) in [5.41, 5.74) is 0.676. The van der Waals surface area contributed by atoms with Crippen LogP contribution in [0.4, 0.5) is 0 Å². The predicted molar refractivity (Wildman–Crippen MR) is 127 cm³/mol. The second-order valence-electron chi connectivity index (χ2n) is 8.45. The largest absolute Gasteiger partial charge is 1.00 e. The molecule has 2 aromatic rings. The molecule has 0 atom stereocenters. The van der Waals surface area contributed by atoms with Gasteiger partial charge in [0.25, 0.3) is 10.1 Å². The van der Waals surface area contributed by atoms with Crippen LogP contribution >= 0.6 is 0 Å². The van der Waals surface area contributed by atoms with Crippen molar-refractivity contribution in [2.75, 3.05) is 0 Å². The van der Waals surface area contributed by atoms with E-state index >= 15 is 0 Å². The molecule has 0 aromatic heterocycles. The van der Waals surface area contributed by atoms with Gasteiger partial charge < -0.3 is 9.84 Å². The zero-order valence-electron chi connectivity index (χ0n) is 20.2. The molecule has 0 amide bonds. The van der Waals surface area contributed by atoms with Gasteiger partial charge in [0.2, 0.25) is 0 Å². The van der Waals surface area contributed by atoms with Crippen molar-refractivity contribution in [1.29, 1.82) is 0 Å². The van der Waals surface area contributed by atoms with Crippen molar-refractivity contribution in [3.05, 3.63) is 48.0 Å². The van der Waals surface area contributed by atoms with Gasteiger partial charge in [-0.15, -0.1) is 0 Å². The molecule has 0 saturated heterocycles. The van der Waals surface area contributed by atoms with E-state index < -0.39 is 20.8 Å². The van der Waals surface area contributed by atoms with E-state index in [-0.39, 0.29) is 57.1 Å².